The van der Waals surface area contributed by atoms with Crippen LogP contribution in [0.2, 0.25) is 0 Å². The summed E-state index contributed by atoms with van der Waals surface area (Å²) < 4.78 is 1.79. The minimum Gasteiger partial charge on any atom is -0.350 e. The Morgan fingerprint density at radius 3 is 2.67 bits per heavy atom. The van der Waals surface area contributed by atoms with Crippen LogP contribution in [0, 0.1) is 0 Å². The summed E-state index contributed by atoms with van der Waals surface area (Å²) >= 11 is 0. The van der Waals surface area contributed by atoms with E-state index < -0.39 is 0 Å². The van der Waals surface area contributed by atoms with Crippen molar-refractivity contribution in [2.45, 2.75) is 13.0 Å². The number of aryl methyl sites for hydroxylation is 1. The third kappa shape index (κ3) is 1.29. The van der Waals surface area contributed by atoms with Gasteiger partial charge in [-0.05, 0) is 13.0 Å². The molecule has 0 saturated heterocycles. The molecule has 0 aliphatic rings. The molecule has 0 aromatic carbocycles. The summed E-state index contributed by atoms with van der Waals surface area (Å²) in [4.78, 5) is 0. The summed E-state index contributed by atoms with van der Waals surface area (Å²) in [5.74, 6) is 0. The van der Waals surface area contributed by atoms with Crippen molar-refractivity contribution in [2.75, 3.05) is 0 Å². The highest BCUT2D eigenvalue weighted by molar-refractivity contribution is 5.00. The van der Waals surface area contributed by atoms with E-state index in [-0.39, 0.29) is 0 Å². The zero-order valence-corrected chi connectivity index (χ0v) is 5.83. The van der Waals surface area contributed by atoms with Gasteiger partial charge >= 0.3 is 0 Å². The molecule has 1 aromatic heterocycles. The fraction of sp³-hybridized carbons (Fsp3) is 0.500. The first kappa shape index (κ1) is 6.29. The SMILES string of the molecule is C[C@H]([NH3+])c1ccn(C)n1. The van der Waals surface area contributed by atoms with Crippen LogP contribution in [0.15, 0.2) is 12.3 Å². The second-order valence-electron chi connectivity index (χ2n) is 2.32. The normalized spacial score (nSPS) is 13.7. The van der Waals surface area contributed by atoms with Crippen molar-refractivity contribution in [3.63, 3.8) is 0 Å². The summed E-state index contributed by atoms with van der Waals surface area (Å²) in [5.41, 5.74) is 4.90. The van der Waals surface area contributed by atoms with Gasteiger partial charge in [0.25, 0.3) is 0 Å². The monoisotopic (exact) mass is 126 g/mol. The highest BCUT2D eigenvalue weighted by Gasteiger charge is 2.03. The molecule has 1 aromatic rings. The second-order valence-corrected chi connectivity index (χ2v) is 2.32. The predicted molar refractivity (Wildman–Crippen MR) is 34.5 cm³/mol. The number of quaternary nitrogens is 1. The molecule has 1 rings (SSSR count). The summed E-state index contributed by atoms with van der Waals surface area (Å²) in [6.07, 6.45) is 1.93. The van der Waals surface area contributed by atoms with E-state index >= 15 is 0 Å². The van der Waals surface area contributed by atoms with E-state index in [1.165, 1.54) is 0 Å². The maximum Gasteiger partial charge on any atom is 0.126 e. The Morgan fingerprint density at radius 1 is 1.78 bits per heavy atom. The van der Waals surface area contributed by atoms with Crippen molar-refractivity contribution in [1.82, 2.24) is 9.78 Å². The van der Waals surface area contributed by atoms with Crippen LogP contribution in [0.1, 0.15) is 18.7 Å². The fourth-order valence-corrected chi connectivity index (χ4v) is 0.696. The summed E-state index contributed by atoms with van der Waals surface area (Å²) in [6, 6.07) is 2.28. The van der Waals surface area contributed by atoms with Crippen LogP contribution < -0.4 is 5.73 Å². The van der Waals surface area contributed by atoms with E-state index in [1.54, 1.807) is 4.68 Å². The lowest BCUT2D eigenvalue weighted by Gasteiger charge is -1.92. The first-order valence-electron chi connectivity index (χ1n) is 3.03. The van der Waals surface area contributed by atoms with Crippen molar-refractivity contribution < 1.29 is 5.73 Å². The summed E-state index contributed by atoms with van der Waals surface area (Å²) in [7, 11) is 1.91. The molecule has 3 heteroatoms. The first-order chi connectivity index (χ1) is 4.20. The fourth-order valence-electron chi connectivity index (χ4n) is 0.696. The number of hydrogen-bond acceptors (Lipinski definition) is 1. The van der Waals surface area contributed by atoms with E-state index in [1.807, 2.05) is 26.2 Å². The molecule has 3 N–H and O–H groups in total. The topological polar surface area (TPSA) is 45.5 Å². The largest absolute Gasteiger partial charge is 0.350 e. The van der Waals surface area contributed by atoms with Gasteiger partial charge in [0.1, 0.15) is 11.7 Å². The minimum atomic E-state index is 0.297. The highest BCUT2D eigenvalue weighted by atomic mass is 15.3. The maximum absolute atomic E-state index is 4.16. The molecule has 0 fully saturated rings. The van der Waals surface area contributed by atoms with Gasteiger partial charge < -0.3 is 5.73 Å². The number of nitrogens with zero attached hydrogens (tertiary/aromatic N) is 2. The Balaban J connectivity index is 2.85. The maximum atomic E-state index is 4.16. The van der Waals surface area contributed by atoms with E-state index in [0.717, 1.165) is 5.69 Å². The van der Waals surface area contributed by atoms with Crippen LogP contribution in [0.4, 0.5) is 0 Å². The van der Waals surface area contributed by atoms with Crippen LogP contribution in [0.25, 0.3) is 0 Å². The molecule has 0 saturated carbocycles. The van der Waals surface area contributed by atoms with Crippen molar-refractivity contribution in [3.05, 3.63) is 18.0 Å². The van der Waals surface area contributed by atoms with Crippen molar-refractivity contribution in [2.24, 2.45) is 7.05 Å². The first-order valence-corrected chi connectivity index (χ1v) is 3.03. The number of hydrogen-bond donors (Lipinski definition) is 1. The van der Waals surface area contributed by atoms with E-state index in [4.69, 9.17) is 0 Å². The van der Waals surface area contributed by atoms with Gasteiger partial charge in [0.15, 0.2) is 0 Å². The Bertz CT molecular complexity index is 190. The molecule has 50 valence electrons. The molecule has 3 nitrogen and oxygen atoms in total. The second kappa shape index (κ2) is 2.19. The molecule has 0 aliphatic heterocycles. The van der Waals surface area contributed by atoms with Crippen molar-refractivity contribution in [1.29, 1.82) is 0 Å². The molecule has 9 heavy (non-hydrogen) atoms. The molecule has 0 spiro atoms. The Morgan fingerprint density at radius 2 is 2.44 bits per heavy atom. The zero-order valence-electron chi connectivity index (χ0n) is 5.83. The smallest absolute Gasteiger partial charge is 0.126 e. The molecule has 0 amide bonds. The van der Waals surface area contributed by atoms with Crippen LogP contribution in [-0.4, -0.2) is 9.78 Å². The average Bonchev–Trinajstić information content (AvgIpc) is 2.14. The quantitative estimate of drug-likeness (QED) is 0.553. The van der Waals surface area contributed by atoms with Gasteiger partial charge in [0.2, 0.25) is 0 Å². The molecule has 0 radical (unpaired) electrons. The van der Waals surface area contributed by atoms with Gasteiger partial charge in [-0.2, -0.15) is 5.10 Å². The van der Waals surface area contributed by atoms with Gasteiger partial charge in [0, 0.05) is 13.2 Å². The minimum absolute atomic E-state index is 0.297. The summed E-state index contributed by atoms with van der Waals surface area (Å²) in [6.45, 7) is 2.03. The molecule has 1 atom stereocenters. The lowest BCUT2D eigenvalue weighted by molar-refractivity contribution is -0.421. The van der Waals surface area contributed by atoms with Crippen LogP contribution in [0.3, 0.4) is 0 Å². The van der Waals surface area contributed by atoms with Gasteiger partial charge in [-0.15, -0.1) is 0 Å². The number of rotatable bonds is 1. The lowest BCUT2D eigenvalue weighted by atomic mass is 10.3. The molecule has 0 unspecified atom stereocenters. The average molecular weight is 126 g/mol. The number of aromatic nitrogens is 2. The van der Waals surface area contributed by atoms with E-state index in [2.05, 4.69) is 10.8 Å². The van der Waals surface area contributed by atoms with Gasteiger partial charge in [-0.3, -0.25) is 4.68 Å². The van der Waals surface area contributed by atoms with Gasteiger partial charge in [0.05, 0.1) is 0 Å². The van der Waals surface area contributed by atoms with Gasteiger partial charge in [-0.25, -0.2) is 0 Å². The molecular weight excluding hydrogens is 114 g/mol. The third-order valence-electron chi connectivity index (χ3n) is 1.24. The van der Waals surface area contributed by atoms with Crippen molar-refractivity contribution >= 4 is 0 Å². The molecule has 1 heterocycles. The summed E-state index contributed by atoms with van der Waals surface area (Å²) in [5, 5.41) is 4.16. The van der Waals surface area contributed by atoms with E-state index in [9.17, 15) is 0 Å². The van der Waals surface area contributed by atoms with Crippen LogP contribution in [0.5, 0.6) is 0 Å². The lowest BCUT2D eigenvalue weighted by Crippen LogP contribution is -2.52. The van der Waals surface area contributed by atoms with E-state index in [0.29, 0.717) is 6.04 Å². The Hall–Kier alpha value is -0.830. The standard InChI is InChI=1S/C6H11N3/c1-5(7)6-3-4-9(2)8-6/h3-5H,7H2,1-2H3/p+1/t5-/m0/s1. The molecule has 0 aliphatic carbocycles. The zero-order chi connectivity index (χ0) is 6.85. The van der Waals surface area contributed by atoms with Crippen molar-refractivity contribution in [3.8, 4) is 0 Å². The predicted octanol–water partition coefficient (Wildman–Crippen LogP) is -0.277. The third-order valence-corrected chi connectivity index (χ3v) is 1.24. The Kier molecular flexibility index (Phi) is 1.53. The molecular formula is C6H12N3+. The highest BCUT2D eigenvalue weighted by Crippen LogP contribution is 2.01. The van der Waals surface area contributed by atoms with Gasteiger partial charge in [-0.1, -0.05) is 0 Å². The Labute approximate surface area is 54.5 Å². The molecule has 0 bridgehead atoms. The van der Waals surface area contributed by atoms with Crippen LogP contribution in [-0.2, 0) is 7.05 Å². The van der Waals surface area contributed by atoms with Crippen LogP contribution >= 0.6 is 0 Å².